The summed E-state index contributed by atoms with van der Waals surface area (Å²) < 4.78 is 5.95. The third-order valence-corrected chi connectivity index (χ3v) is 4.13. The maximum atomic E-state index is 5.95. The van der Waals surface area contributed by atoms with E-state index in [4.69, 9.17) is 4.42 Å². The highest BCUT2D eigenvalue weighted by Gasteiger charge is 2.16. The molecule has 4 nitrogen and oxygen atoms in total. The van der Waals surface area contributed by atoms with Crippen LogP contribution in [-0.2, 0) is 0 Å². The van der Waals surface area contributed by atoms with Crippen LogP contribution in [0, 0.1) is 0 Å². The minimum Gasteiger partial charge on any atom is -0.459 e. The lowest BCUT2D eigenvalue weighted by molar-refractivity contribution is 0.463. The van der Waals surface area contributed by atoms with E-state index in [0.29, 0.717) is 0 Å². The summed E-state index contributed by atoms with van der Waals surface area (Å²) in [7, 11) is 0. The molecule has 0 spiro atoms. The van der Waals surface area contributed by atoms with Crippen LogP contribution < -0.4 is 5.32 Å². The number of nitrogens with one attached hydrogen (secondary N) is 1. The van der Waals surface area contributed by atoms with Gasteiger partial charge in [0.1, 0.15) is 11.3 Å². The average molecular weight is 299 g/mol. The number of furan rings is 1. The van der Waals surface area contributed by atoms with Gasteiger partial charge in [-0.05, 0) is 24.7 Å². The highest BCUT2D eigenvalue weighted by atomic mass is 32.2. The molecular weight excluding hydrogens is 282 g/mol. The average Bonchev–Trinajstić information content (AvgIpc) is 2.96. The molecule has 5 heteroatoms. The summed E-state index contributed by atoms with van der Waals surface area (Å²) >= 11 is 1.63. The zero-order chi connectivity index (χ0) is 14.5. The van der Waals surface area contributed by atoms with Crippen LogP contribution in [0.5, 0.6) is 0 Å². The van der Waals surface area contributed by atoms with Gasteiger partial charge in [-0.1, -0.05) is 36.9 Å². The molecule has 0 aliphatic rings. The summed E-state index contributed by atoms with van der Waals surface area (Å²) in [5.74, 6) is 1.79. The van der Waals surface area contributed by atoms with Crippen molar-refractivity contribution in [2.24, 2.45) is 0 Å². The lowest BCUT2D eigenvalue weighted by atomic mass is 10.2. The molecule has 3 aromatic rings. The molecule has 2 heterocycles. The molecule has 2 aromatic heterocycles. The van der Waals surface area contributed by atoms with Crippen LogP contribution in [0.2, 0.25) is 0 Å². The maximum absolute atomic E-state index is 5.95. The predicted molar refractivity (Wildman–Crippen MR) is 85.4 cm³/mol. The monoisotopic (exact) mass is 299 g/mol. The zero-order valence-electron chi connectivity index (χ0n) is 11.8. The van der Waals surface area contributed by atoms with Crippen LogP contribution in [0.1, 0.15) is 18.7 Å². The number of nitrogens with zero attached hydrogens (tertiary/aromatic N) is 2. The summed E-state index contributed by atoms with van der Waals surface area (Å²) in [4.78, 5) is 8.48. The third-order valence-electron chi connectivity index (χ3n) is 3.16. The van der Waals surface area contributed by atoms with Crippen LogP contribution >= 0.6 is 11.8 Å². The molecule has 108 valence electrons. The fraction of sp³-hybridized carbons (Fsp3) is 0.250. The molecule has 1 N–H and O–H groups in total. The van der Waals surface area contributed by atoms with Gasteiger partial charge in [0.15, 0.2) is 5.16 Å². The van der Waals surface area contributed by atoms with Crippen molar-refractivity contribution in [1.82, 2.24) is 15.3 Å². The Kier molecular flexibility index (Phi) is 4.52. The number of hydrogen-bond donors (Lipinski definition) is 1. The van der Waals surface area contributed by atoms with Crippen molar-refractivity contribution in [1.29, 1.82) is 0 Å². The first-order valence-electron chi connectivity index (χ1n) is 6.98. The molecule has 0 saturated heterocycles. The molecule has 1 unspecified atom stereocenters. The zero-order valence-corrected chi connectivity index (χ0v) is 12.6. The Morgan fingerprint density at radius 1 is 1.19 bits per heavy atom. The first-order chi connectivity index (χ1) is 10.4. The Balaban J connectivity index is 1.77. The molecule has 0 aliphatic carbocycles. The van der Waals surface area contributed by atoms with Gasteiger partial charge in [-0.15, -0.1) is 0 Å². The maximum Gasteiger partial charge on any atom is 0.187 e. The topological polar surface area (TPSA) is 51.0 Å². The third kappa shape index (κ3) is 3.43. The standard InChI is InChI=1S/C16H17N3OS/c1-2-17-13(11-21-16-18-8-5-9-19-16)15-10-12-6-3-4-7-14(12)20-15/h3-10,13,17H,2,11H2,1H3. The molecule has 0 saturated carbocycles. The summed E-state index contributed by atoms with van der Waals surface area (Å²) in [5, 5.41) is 5.38. The Morgan fingerprint density at radius 3 is 2.76 bits per heavy atom. The van der Waals surface area contributed by atoms with Gasteiger partial charge in [-0.25, -0.2) is 9.97 Å². The molecule has 3 rings (SSSR count). The van der Waals surface area contributed by atoms with Crippen LogP contribution in [0.3, 0.4) is 0 Å². The van der Waals surface area contributed by atoms with E-state index in [1.54, 1.807) is 24.2 Å². The van der Waals surface area contributed by atoms with E-state index in [2.05, 4.69) is 34.3 Å². The SMILES string of the molecule is CCNC(CSc1ncccn1)c1cc2ccccc2o1. The van der Waals surface area contributed by atoms with Crippen molar-refractivity contribution in [2.45, 2.75) is 18.1 Å². The van der Waals surface area contributed by atoms with Gasteiger partial charge in [0.25, 0.3) is 0 Å². The second kappa shape index (κ2) is 6.74. The molecule has 0 fully saturated rings. The summed E-state index contributed by atoms with van der Waals surface area (Å²) in [6, 6.07) is 12.2. The van der Waals surface area contributed by atoms with Gasteiger partial charge in [-0.3, -0.25) is 0 Å². The lowest BCUT2D eigenvalue weighted by Gasteiger charge is -2.14. The number of rotatable bonds is 6. The first-order valence-corrected chi connectivity index (χ1v) is 7.97. The predicted octanol–water partition coefficient (Wildman–Crippen LogP) is 3.67. The lowest BCUT2D eigenvalue weighted by Crippen LogP contribution is -2.22. The van der Waals surface area contributed by atoms with Crippen molar-refractivity contribution in [3.8, 4) is 0 Å². The molecule has 0 aliphatic heterocycles. The second-order valence-corrected chi connectivity index (χ2v) is 5.63. The molecule has 0 amide bonds. The van der Waals surface area contributed by atoms with Crippen LogP contribution in [0.15, 0.2) is 58.4 Å². The fourth-order valence-electron chi connectivity index (χ4n) is 2.18. The Labute approximate surface area is 128 Å². The van der Waals surface area contributed by atoms with Crippen molar-refractivity contribution in [2.75, 3.05) is 12.3 Å². The fourth-order valence-corrected chi connectivity index (χ4v) is 3.05. The number of hydrogen-bond acceptors (Lipinski definition) is 5. The van der Waals surface area contributed by atoms with Gasteiger partial charge < -0.3 is 9.73 Å². The molecule has 0 radical (unpaired) electrons. The normalized spacial score (nSPS) is 12.6. The van der Waals surface area contributed by atoms with E-state index >= 15 is 0 Å². The van der Waals surface area contributed by atoms with Crippen molar-refractivity contribution in [3.05, 3.63) is 54.6 Å². The Bertz CT molecular complexity index is 666. The number of thioether (sulfide) groups is 1. The van der Waals surface area contributed by atoms with Gasteiger partial charge >= 0.3 is 0 Å². The Hall–Kier alpha value is -1.85. The van der Waals surface area contributed by atoms with Crippen molar-refractivity contribution in [3.63, 3.8) is 0 Å². The van der Waals surface area contributed by atoms with E-state index in [0.717, 1.165) is 34.2 Å². The second-order valence-electron chi connectivity index (χ2n) is 4.64. The molecule has 1 atom stereocenters. The van der Waals surface area contributed by atoms with Crippen molar-refractivity contribution < 1.29 is 4.42 Å². The van der Waals surface area contributed by atoms with Crippen LogP contribution in [0.25, 0.3) is 11.0 Å². The highest BCUT2D eigenvalue weighted by molar-refractivity contribution is 7.99. The molecule has 1 aromatic carbocycles. The minimum atomic E-state index is 0.149. The van der Waals surface area contributed by atoms with E-state index in [1.807, 2.05) is 24.3 Å². The largest absolute Gasteiger partial charge is 0.459 e. The number of para-hydroxylation sites is 1. The van der Waals surface area contributed by atoms with E-state index in [1.165, 1.54) is 0 Å². The van der Waals surface area contributed by atoms with Crippen LogP contribution in [-0.4, -0.2) is 22.3 Å². The van der Waals surface area contributed by atoms with Gasteiger partial charge in [-0.2, -0.15) is 0 Å². The first kappa shape index (κ1) is 14.1. The minimum absolute atomic E-state index is 0.149. The highest BCUT2D eigenvalue weighted by Crippen LogP contribution is 2.27. The van der Waals surface area contributed by atoms with E-state index in [9.17, 15) is 0 Å². The van der Waals surface area contributed by atoms with E-state index in [-0.39, 0.29) is 6.04 Å². The summed E-state index contributed by atoms with van der Waals surface area (Å²) in [6.07, 6.45) is 3.53. The van der Waals surface area contributed by atoms with Crippen molar-refractivity contribution >= 4 is 22.7 Å². The number of fused-ring (bicyclic) bond motifs is 1. The number of benzene rings is 1. The van der Waals surface area contributed by atoms with Gasteiger partial charge in [0.2, 0.25) is 0 Å². The molecule has 0 bridgehead atoms. The van der Waals surface area contributed by atoms with Gasteiger partial charge in [0.05, 0.1) is 6.04 Å². The summed E-state index contributed by atoms with van der Waals surface area (Å²) in [5.41, 5.74) is 0.927. The number of aromatic nitrogens is 2. The van der Waals surface area contributed by atoms with E-state index < -0.39 is 0 Å². The summed E-state index contributed by atoms with van der Waals surface area (Å²) in [6.45, 7) is 2.98. The van der Waals surface area contributed by atoms with Crippen LogP contribution in [0.4, 0.5) is 0 Å². The van der Waals surface area contributed by atoms with Gasteiger partial charge in [0, 0.05) is 23.5 Å². The Morgan fingerprint density at radius 2 is 2.00 bits per heavy atom. The quantitative estimate of drug-likeness (QED) is 0.556. The molecule has 21 heavy (non-hydrogen) atoms. The molecular formula is C16H17N3OS. The smallest absolute Gasteiger partial charge is 0.187 e.